The molecule has 24 heavy (non-hydrogen) atoms. The zero-order valence-corrected chi connectivity index (χ0v) is 14.4. The highest BCUT2D eigenvalue weighted by atomic mass is 79.9. The molecular formula is C18H14BrF2NO2. The maximum absolute atomic E-state index is 14.1. The summed E-state index contributed by atoms with van der Waals surface area (Å²) in [5.41, 5.74) is 0.861. The molecule has 0 saturated heterocycles. The smallest absolute Gasteiger partial charge is 0.311 e. The second-order valence-electron chi connectivity index (χ2n) is 5.50. The Kier molecular flexibility index (Phi) is 4.76. The van der Waals surface area contributed by atoms with Gasteiger partial charge in [-0.1, -0.05) is 34.1 Å². The van der Waals surface area contributed by atoms with Crippen LogP contribution in [-0.4, -0.2) is 18.8 Å². The van der Waals surface area contributed by atoms with Crippen molar-refractivity contribution < 1.29 is 18.3 Å². The van der Waals surface area contributed by atoms with Gasteiger partial charge in [0.05, 0.1) is 24.6 Å². The predicted molar refractivity (Wildman–Crippen MR) is 89.9 cm³/mol. The molecule has 0 spiro atoms. The number of rotatable bonds is 3. The van der Waals surface area contributed by atoms with E-state index >= 15 is 0 Å². The van der Waals surface area contributed by atoms with Gasteiger partial charge < -0.3 is 4.74 Å². The topological polar surface area (TPSA) is 38.7 Å². The molecule has 124 valence electrons. The summed E-state index contributed by atoms with van der Waals surface area (Å²) in [5, 5.41) is 0. The highest BCUT2D eigenvalue weighted by Gasteiger charge is 2.38. The summed E-state index contributed by atoms with van der Waals surface area (Å²) in [5.74, 6) is -2.42. The van der Waals surface area contributed by atoms with Crippen LogP contribution in [0.25, 0.3) is 0 Å². The Morgan fingerprint density at radius 2 is 1.79 bits per heavy atom. The molecule has 1 aliphatic heterocycles. The number of benzene rings is 2. The van der Waals surface area contributed by atoms with Gasteiger partial charge >= 0.3 is 5.97 Å². The SMILES string of the molecule is COC(=O)C1CC(c2c(F)cccc2F)=NC1c1ccc(Br)cc1. The molecule has 0 bridgehead atoms. The fourth-order valence-corrected chi connectivity index (χ4v) is 3.17. The molecule has 3 nitrogen and oxygen atoms in total. The third kappa shape index (κ3) is 3.11. The first-order valence-electron chi connectivity index (χ1n) is 7.35. The van der Waals surface area contributed by atoms with Gasteiger partial charge in [0.1, 0.15) is 11.6 Å². The number of hydrogen-bond acceptors (Lipinski definition) is 3. The minimum atomic E-state index is -0.686. The molecule has 2 unspecified atom stereocenters. The van der Waals surface area contributed by atoms with E-state index in [4.69, 9.17) is 4.74 Å². The van der Waals surface area contributed by atoms with Gasteiger partial charge in [-0.3, -0.25) is 9.79 Å². The van der Waals surface area contributed by atoms with E-state index in [-0.39, 0.29) is 17.7 Å². The van der Waals surface area contributed by atoms with E-state index in [0.29, 0.717) is 0 Å². The molecule has 0 saturated carbocycles. The number of aliphatic imine (C=N–C) groups is 1. The summed E-state index contributed by atoms with van der Waals surface area (Å²) < 4.78 is 33.8. The van der Waals surface area contributed by atoms with Crippen LogP contribution in [0, 0.1) is 17.6 Å². The molecule has 2 atom stereocenters. The van der Waals surface area contributed by atoms with E-state index in [1.165, 1.54) is 25.3 Å². The van der Waals surface area contributed by atoms with Crippen LogP contribution >= 0.6 is 15.9 Å². The molecule has 0 amide bonds. The predicted octanol–water partition coefficient (Wildman–Crippen LogP) is 4.45. The van der Waals surface area contributed by atoms with Crippen LogP contribution in [0.1, 0.15) is 23.6 Å². The largest absolute Gasteiger partial charge is 0.469 e. The van der Waals surface area contributed by atoms with Gasteiger partial charge in [0.2, 0.25) is 0 Å². The van der Waals surface area contributed by atoms with Gasteiger partial charge in [-0.25, -0.2) is 8.78 Å². The summed E-state index contributed by atoms with van der Waals surface area (Å²) in [4.78, 5) is 16.6. The van der Waals surface area contributed by atoms with Crippen molar-refractivity contribution in [3.05, 3.63) is 69.7 Å². The summed E-state index contributed by atoms with van der Waals surface area (Å²) in [6.45, 7) is 0. The highest BCUT2D eigenvalue weighted by molar-refractivity contribution is 9.10. The maximum atomic E-state index is 14.1. The van der Waals surface area contributed by atoms with Gasteiger partial charge in [-0.2, -0.15) is 0 Å². The van der Waals surface area contributed by atoms with Crippen LogP contribution in [0.2, 0.25) is 0 Å². The number of carbonyl (C=O) groups is 1. The van der Waals surface area contributed by atoms with Crippen LogP contribution < -0.4 is 0 Å². The molecule has 2 aromatic rings. The standard InChI is InChI=1S/C18H14BrF2NO2/c1-24-18(23)12-9-15(16-13(20)3-2-4-14(16)21)22-17(12)10-5-7-11(19)8-6-10/h2-8,12,17H,9H2,1H3. The van der Waals surface area contributed by atoms with Crippen molar-refractivity contribution in [3.63, 3.8) is 0 Å². The minimum Gasteiger partial charge on any atom is -0.469 e. The third-order valence-corrected chi connectivity index (χ3v) is 4.58. The number of esters is 1. The Hall–Kier alpha value is -2.08. The van der Waals surface area contributed by atoms with E-state index in [0.717, 1.165) is 10.0 Å². The van der Waals surface area contributed by atoms with Crippen LogP contribution in [0.5, 0.6) is 0 Å². The summed E-state index contributed by atoms with van der Waals surface area (Å²) in [7, 11) is 1.29. The van der Waals surface area contributed by atoms with E-state index in [1.807, 2.05) is 24.3 Å². The number of methoxy groups -OCH3 is 1. The molecular weight excluding hydrogens is 380 g/mol. The Balaban J connectivity index is 2.05. The average molecular weight is 394 g/mol. The van der Waals surface area contributed by atoms with Crippen molar-refractivity contribution in [2.45, 2.75) is 12.5 Å². The molecule has 1 heterocycles. The molecule has 2 aromatic carbocycles. The fraction of sp³-hybridized carbons (Fsp3) is 0.222. The van der Waals surface area contributed by atoms with Crippen LogP contribution in [0.3, 0.4) is 0 Å². The Morgan fingerprint density at radius 3 is 2.38 bits per heavy atom. The lowest BCUT2D eigenvalue weighted by Gasteiger charge is -2.16. The lowest BCUT2D eigenvalue weighted by atomic mass is 9.91. The third-order valence-electron chi connectivity index (χ3n) is 4.06. The van der Waals surface area contributed by atoms with Gasteiger partial charge in [0.25, 0.3) is 0 Å². The lowest BCUT2D eigenvalue weighted by molar-refractivity contribution is -0.145. The van der Waals surface area contributed by atoms with Crippen molar-refractivity contribution in [1.82, 2.24) is 0 Å². The monoisotopic (exact) mass is 393 g/mol. The normalized spacial score (nSPS) is 19.9. The Bertz CT molecular complexity index is 785. The second-order valence-corrected chi connectivity index (χ2v) is 6.42. The molecule has 0 fully saturated rings. The van der Waals surface area contributed by atoms with Crippen LogP contribution in [0.4, 0.5) is 8.78 Å². The van der Waals surface area contributed by atoms with Crippen molar-refractivity contribution in [3.8, 4) is 0 Å². The Labute approximate surface area is 146 Å². The van der Waals surface area contributed by atoms with Crippen LogP contribution in [-0.2, 0) is 9.53 Å². The summed E-state index contributed by atoms with van der Waals surface area (Å²) in [6.07, 6.45) is 0.130. The first-order chi connectivity index (χ1) is 11.5. The van der Waals surface area contributed by atoms with Crippen LogP contribution in [0.15, 0.2) is 51.9 Å². The molecule has 0 radical (unpaired) electrons. The van der Waals surface area contributed by atoms with E-state index in [9.17, 15) is 13.6 Å². The van der Waals surface area contributed by atoms with Gasteiger partial charge in [-0.15, -0.1) is 0 Å². The number of hydrogen-bond donors (Lipinski definition) is 0. The first-order valence-corrected chi connectivity index (χ1v) is 8.15. The number of ether oxygens (including phenoxy) is 1. The van der Waals surface area contributed by atoms with Gasteiger partial charge in [0, 0.05) is 16.6 Å². The molecule has 0 aromatic heterocycles. The lowest BCUT2D eigenvalue weighted by Crippen LogP contribution is -2.20. The number of halogens is 3. The van der Waals surface area contributed by atoms with Crippen molar-refractivity contribution >= 4 is 27.6 Å². The Morgan fingerprint density at radius 1 is 1.17 bits per heavy atom. The number of carbonyl (C=O) groups excluding carboxylic acids is 1. The van der Waals surface area contributed by atoms with E-state index in [1.54, 1.807) is 0 Å². The zero-order valence-electron chi connectivity index (χ0n) is 12.8. The fourth-order valence-electron chi connectivity index (χ4n) is 2.90. The molecule has 0 N–H and O–H groups in total. The molecule has 6 heteroatoms. The van der Waals surface area contributed by atoms with E-state index in [2.05, 4.69) is 20.9 Å². The van der Waals surface area contributed by atoms with E-state index < -0.39 is 29.6 Å². The quantitative estimate of drug-likeness (QED) is 0.722. The zero-order chi connectivity index (χ0) is 17.3. The van der Waals surface area contributed by atoms with Crippen molar-refractivity contribution in [1.29, 1.82) is 0 Å². The molecule has 1 aliphatic rings. The minimum absolute atomic E-state index is 0.130. The molecule has 0 aliphatic carbocycles. The average Bonchev–Trinajstić information content (AvgIpc) is 2.99. The van der Waals surface area contributed by atoms with Crippen molar-refractivity contribution in [2.75, 3.05) is 7.11 Å². The van der Waals surface area contributed by atoms with Gasteiger partial charge in [-0.05, 0) is 29.8 Å². The molecule has 3 rings (SSSR count). The first kappa shape index (κ1) is 16.8. The second kappa shape index (κ2) is 6.81. The summed E-state index contributed by atoms with van der Waals surface area (Å²) >= 11 is 3.35. The maximum Gasteiger partial charge on any atom is 0.311 e. The summed E-state index contributed by atoms with van der Waals surface area (Å²) in [6, 6.07) is 10.5. The number of nitrogens with zero attached hydrogens (tertiary/aromatic N) is 1. The highest BCUT2D eigenvalue weighted by Crippen LogP contribution is 2.38. The van der Waals surface area contributed by atoms with Crippen molar-refractivity contribution in [2.24, 2.45) is 10.9 Å². The van der Waals surface area contributed by atoms with Gasteiger partial charge in [0.15, 0.2) is 0 Å².